The highest BCUT2D eigenvalue weighted by Gasteiger charge is 2.13. The minimum Gasteiger partial charge on any atom is -0.294 e. The molecule has 0 aliphatic carbocycles. The first-order valence-corrected chi connectivity index (χ1v) is 5.09. The van der Waals surface area contributed by atoms with Gasteiger partial charge >= 0.3 is 0 Å². The third-order valence-electron chi connectivity index (χ3n) is 2.97. The van der Waals surface area contributed by atoms with Crippen LogP contribution in [-0.2, 0) is 0 Å². The molecule has 1 heteroatoms. The summed E-state index contributed by atoms with van der Waals surface area (Å²) in [6.07, 6.45) is 0.588. The van der Waals surface area contributed by atoms with Gasteiger partial charge in [0.15, 0.2) is 5.78 Å². The average molecular weight is 190 g/mol. The van der Waals surface area contributed by atoms with Crippen LogP contribution in [0.2, 0.25) is 0 Å². The third kappa shape index (κ3) is 1.72. The van der Waals surface area contributed by atoms with Crippen molar-refractivity contribution in [1.29, 1.82) is 0 Å². The maximum atomic E-state index is 11.8. The van der Waals surface area contributed by atoms with Gasteiger partial charge in [-0.1, -0.05) is 13.0 Å². The normalized spacial score (nSPS) is 10.4. The number of carbonyl (C=O) groups excluding carboxylic acids is 1. The molecule has 1 aromatic rings. The van der Waals surface area contributed by atoms with E-state index in [4.69, 9.17) is 0 Å². The molecule has 0 aliphatic heterocycles. The quantitative estimate of drug-likeness (QED) is 0.652. The van der Waals surface area contributed by atoms with E-state index in [1.165, 1.54) is 11.1 Å². The van der Waals surface area contributed by atoms with Crippen LogP contribution in [-0.4, -0.2) is 5.78 Å². The topological polar surface area (TPSA) is 17.1 Å². The van der Waals surface area contributed by atoms with Crippen LogP contribution in [0.5, 0.6) is 0 Å². The van der Waals surface area contributed by atoms with Crippen LogP contribution < -0.4 is 0 Å². The van der Waals surface area contributed by atoms with E-state index in [1.54, 1.807) is 0 Å². The first-order valence-electron chi connectivity index (χ1n) is 5.09. The molecule has 0 saturated carbocycles. The molecule has 0 radical (unpaired) electrons. The largest absolute Gasteiger partial charge is 0.294 e. The zero-order valence-corrected chi connectivity index (χ0v) is 9.69. The van der Waals surface area contributed by atoms with E-state index in [0.29, 0.717) is 6.42 Å². The lowest BCUT2D eigenvalue weighted by Gasteiger charge is -2.13. The van der Waals surface area contributed by atoms with E-state index >= 15 is 0 Å². The van der Waals surface area contributed by atoms with Gasteiger partial charge in [0, 0.05) is 12.0 Å². The van der Waals surface area contributed by atoms with Crippen molar-refractivity contribution in [3.63, 3.8) is 0 Å². The van der Waals surface area contributed by atoms with Crippen molar-refractivity contribution in [1.82, 2.24) is 0 Å². The lowest BCUT2D eigenvalue weighted by atomic mass is 9.91. The number of carbonyl (C=O) groups is 1. The van der Waals surface area contributed by atoms with E-state index < -0.39 is 0 Å². The van der Waals surface area contributed by atoms with E-state index in [2.05, 4.69) is 19.9 Å². The van der Waals surface area contributed by atoms with Crippen molar-refractivity contribution in [2.45, 2.75) is 41.0 Å². The molecule has 0 atom stereocenters. The van der Waals surface area contributed by atoms with Crippen LogP contribution in [0.25, 0.3) is 0 Å². The van der Waals surface area contributed by atoms with E-state index in [9.17, 15) is 4.79 Å². The van der Waals surface area contributed by atoms with Gasteiger partial charge in [0.05, 0.1) is 0 Å². The molecule has 76 valence electrons. The van der Waals surface area contributed by atoms with Crippen molar-refractivity contribution in [2.24, 2.45) is 0 Å². The van der Waals surface area contributed by atoms with Crippen LogP contribution in [0, 0.1) is 27.7 Å². The molecule has 1 nitrogen and oxygen atoms in total. The smallest absolute Gasteiger partial charge is 0.163 e. The summed E-state index contributed by atoms with van der Waals surface area (Å²) in [6, 6.07) is 2.15. The average Bonchev–Trinajstić information content (AvgIpc) is 2.15. The van der Waals surface area contributed by atoms with Gasteiger partial charge in [-0.3, -0.25) is 4.79 Å². The Morgan fingerprint density at radius 1 is 1.07 bits per heavy atom. The number of hydrogen-bond donors (Lipinski definition) is 0. The first kappa shape index (κ1) is 11.0. The molecule has 0 amide bonds. The molecular formula is C13H18O. The summed E-state index contributed by atoms with van der Waals surface area (Å²) in [7, 11) is 0. The number of Topliss-reactive ketones (excluding diaryl/α,β-unsaturated/α-hetero) is 1. The summed E-state index contributed by atoms with van der Waals surface area (Å²) < 4.78 is 0. The van der Waals surface area contributed by atoms with Gasteiger partial charge in [-0.2, -0.15) is 0 Å². The van der Waals surface area contributed by atoms with Crippen LogP contribution in [0.4, 0.5) is 0 Å². The molecule has 0 saturated heterocycles. The van der Waals surface area contributed by atoms with E-state index in [0.717, 1.165) is 16.7 Å². The molecule has 0 N–H and O–H groups in total. The molecule has 0 aliphatic rings. The van der Waals surface area contributed by atoms with Crippen molar-refractivity contribution in [2.75, 3.05) is 0 Å². The summed E-state index contributed by atoms with van der Waals surface area (Å²) in [5.74, 6) is 0.256. The van der Waals surface area contributed by atoms with Gasteiger partial charge in [0.2, 0.25) is 0 Å². The fraction of sp³-hybridized carbons (Fsp3) is 0.462. The minimum atomic E-state index is 0.256. The molecule has 14 heavy (non-hydrogen) atoms. The van der Waals surface area contributed by atoms with Gasteiger partial charge in [-0.25, -0.2) is 0 Å². The number of aryl methyl sites for hydroxylation is 2. The Bertz CT molecular complexity index is 349. The van der Waals surface area contributed by atoms with Crippen LogP contribution in [0.3, 0.4) is 0 Å². The highest BCUT2D eigenvalue weighted by molar-refractivity contribution is 5.99. The molecule has 1 aromatic carbocycles. The lowest BCUT2D eigenvalue weighted by Crippen LogP contribution is -2.06. The third-order valence-corrected chi connectivity index (χ3v) is 2.97. The fourth-order valence-electron chi connectivity index (χ4n) is 1.81. The van der Waals surface area contributed by atoms with Gasteiger partial charge in [-0.15, -0.1) is 0 Å². The fourth-order valence-corrected chi connectivity index (χ4v) is 1.81. The lowest BCUT2D eigenvalue weighted by molar-refractivity contribution is 0.0987. The summed E-state index contributed by atoms with van der Waals surface area (Å²) in [4.78, 5) is 11.8. The minimum absolute atomic E-state index is 0.256. The van der Waals surface area contributed by atoms with Crippen molar-refractivity contribution >= 4 is 5.78 Å². The molecule has 0 heterocycles. The molecule has 0 spiro atoms. The first-order chi connectivity index (χ1) is 6.49. The Morgan fingerprint density at radius 2 is 1.50 bits per heavy atom. The highest BCUT2D eigenvalue weighted by atomic mass is 16.1. The molecule has 0 aromatic heterocycles. The van der Waals surface area contributed by atoms with Gasteiger partial charge in [-0.05, 0) is 49.9 Å². The Hall–Kier alpha value is -1.11. The summed E-state index contributed by atoms with van der Waals surface area (Å²) >= 11 is 0. The predicted molar refractivity (Wildman–Crippen MR) is 60.0 cm³/mol. The molecule has 0 unspecified atom stereocenters. The predicted octanol–water partition coefficient (Wildman–Crippen LogP) is 3.51. The zero-order chi connectivity index (χ0) is 10.9. The maximum Gasteiger partial charge on any atom is 0.163 e. The van der Waals surface area contributed by atoms with Crippen molar-refractivity contribution in [3.05, 3.63) is 33.9 Å². The Kier molecular flexibility index (Phi) is 3.10. The molecule has 0 fully saturated rings. The summed E-state index contributed by atoms with van der Waals surface area (Å²) in [5.41, 5.74) is 5.64. The molecule has 0 bridgehead atoms. The Morgan fingerprint density at radius 3 is 1.86 bits per heavy atom. The van der Waals surface area contributed by atoms with Crippen LogP contribution >= 0.6 is 0 Å². The Labute approximate surface area is 86.1 Å². The number of hydrogen-bond acceptors (Lipinski definition) is 1. The van der Waals surface area contributed by atoms with E-state index in [1.807, 2.05) is 20.8 Å². The standard InChI is InChI=1S/C13H18O/c1-6-12(14)13-10(4)8(2)7-9(3)11(13)5/h7H,6H2,1-5H3. The second-order valence-corrected chi connectivity index (χ2v) is 3.91. The highest BCUT2D eigenvalue weighted by Crippen LogP contribution is 2.22. The van der Waals surface area contributed by atoms with Gasteiger partial charge in [0.1, 0.15) is 0 Å². The van der Waals surface area contributed by atoms with Gasteiger partial charge < -0.3 is 0 Å². The number of rotatable bonds is 2. The Balaban J connectivity index is 3.47. The second-order valence-electron chi connectivity index (χ2n) is 3.91. The number of benzene rings is 1. The number of ketones is 1. The van der Waals surface area contributed by atoms with Crippen molar-refractivity contribution in [3.8, 4) is 0 Å². The van der Waals surface area contributed by atoms with E-state index in [-0.39, 0.29) is 5.78 Å². The van der Waals surface area contributed by atoms with Crippen LogP contribution in [0.1, 0.15) is 46.0 Å². The molecular weight excluding hydrogens is 172 g/mol. The zero-order valence-electron chi connectivity index (χ0n) is 9.69. The summed E-state index contributed by atoms with van der Waals surface area (Å²) in [5, 5.41) is 0. The maximum absolute atomic E-state index is 11.8. The second kappa shape index (κ2) is 3.95. The van der Waals surface area contributed by atoms with Crippen molar-refractivity contribution < 1.29 is 4.79 Å². The van der Waals surface area contributed by atoms with Crippen LogP contribution in [0.15, 0.2) is 6.07 Å². The summed E-state index contributed by atoms with van der Waals surface area (Å²) in [6.45, 7) is 10.1. The molecule has 1 rings (SSSR count). The van der Waals surface area contributed by atoms with Gasteiger partial charge in [0.25, 0.3) is 0 Å². The SMILES string of the molecule is CCC(=O)c1c(C)c(C)cc(C)c1C. The monoisotopic (exact) mass is 190 g/mol.